The van der Waals surface area contributed by atoms with Gasteiger partial charge in [-0.25, -0.2) is 4.21 Å². The van der Waals surface area contributed by atoms with Crippen LogP contribution in [0.15, 0.2) is 0 Å². The molecule has 1 aliphatic heterocycles. The van der Waals surface area contributed by atoms with Crippen LogP contribution in [-0.4, -0.2) is 34.0 Å². The largest absolute Gasteiger partial charge is 0.356 e. The van der Waals surface area contributed by atoms with Crippen molar-refractivity contribution in [3.63, 3.8) is 0 Å². The zero-order valence-electron chi connectivity index (χ0n) is 7.77. The zero-order chi connectivity index (χ0) is 9.68. The molecule has 1 fully saturated rings. The van der Waals surface area contributed by atoms with Crippen LogP contribution in [0, 0.1) is 0 Å². The van der Waals surface area contributed by atoms with Crippen molar-refractivity contribution in [2.24, 2.45) is 0 Å². The van der Waals surface area contributed by atoms with Gasteiger partial charge in [-0.05, 0) is 25.7 Å². The van der Waals surface area contributed by atoms with Gasteiger partial charge in [-0.3, -0.25) is 0 Å². The van der Waals surface area contributed by atoms with E-state index < -0.39 is 11.1 Å². The molecule has 4 nitrogen and oxygen atoms in total. The topological polar surface area (TPSA) is 55.8 Å². The van der Waals surface area contributed by atoms with E-state index in [1.165, 1.54) is 0 Å². The van der Waals surface area contributed by atoms with Gasteiger partial charge in [-0.1, -0.05) is 0 Å². The maximum atomic E-state index is 10.4. The van der Waals surface area contributed by atoms with Crippen molar-refractivity contribution in [2.45, 2.75) is 38.1 Å². The molecule has 5 heteroatoms. The third kappa shape index (κ3) is 4.17. The van der Waals surface area contributed by atoms with Crippen molar-refractivity contribution in [3.05, 3.63) is 0 Å². The molecule has 1 saturated heterocycles. The third-order valence-electron chi connectivity index (χ3n) is 2.19. The number of ether oxygens (including phenoxy) is 2. The van der Waals surface area contributed by atoms with Crippen molar-refractivity contribution in [3.8, 4) is 0 Å². The lowest BCUT2D eigenvalue weighted by molar-refractivity contribution is -0.179. The van der Waals surface area contributed by atoms with Gasteiger partial charge in [0.15, 0.2) is 17.4 Å². The van der Waals surface area contributed by atoms with Gasteiger partial charge in [-0.2, -0.15) is 0 Å². The van der Waals surface area contributed by atoms with Crippen LogP contribution in [0.4, 0.5) is 0 Å². The Labute approximate surface area is 80.9 Å². The molecular weight excluding hydrogens is 192 g/mol. The number of hydrogen-bond acceptors (Lipinski definition) is 3. The molecule has 0 aromatic rings. The molecule has 78 valence electrons. The molecule has 3 atom stereocenters. The highest BCUT2D eigenvalue weighted by atomic mass is 32.2. The highest BCUT2D eigenvalue weighted by Gasteiger charge is 2.21. The van der Waals surface area contributed by atoms with Crippen molar-refractivity contribution < 1.29 is 18.2 Å². The Morgan fingerprint density at radius 3 is 3.00 bits per heavy atom. The zero-order valence-corrected chi connectivity index (χ0v) is 8.59. The smallest absolute Gasteiger partial charge is 0.157 e. The summed E-state index contributed by atoms with van der Waals surface area (Å²) in [7, 11) is 1.62. The van der Waals surface area contributed by atoms with E-state index in [9.17, 15) is 4.21 Å². The van der Waals surface area contributed by atoms with E-state index in [0.717, 1.165) is 19.3 Å². The molecule has 0 bridgehead atoms. The predicted molar refractivity (Wildman–Crippen MR) is 49.8 cm³/mol. The summed E-state index contributed by atoms with van der Waals surface area (Å²) in [5.41, 5.74) is 0. The highest BCUT2D eigenvalue weighted by molar-refractivity contribution is 7.79. The first-order chi connectivity index (χ1) is 6.22. The van der Waals surface area contributed by atoms with Crippen LogP contribution in [0.2, 0.25) is 0 Å². The van der Waals surface area contributed by atoms with E-state index in [1.807, 2.05) is 0 Å². The Morgan fingerprint density at radius 2 is 2.38 bits per heavy atom. The Morgan fingerprint density at radius 1 is 1.62 bits per heavy atom. The highest BCUT2D eigenvalue weighted by Crippen LogP contribution is 2.21. The van der Waals surface area contributed by atoms with Gasteiger partial charge in [0.05, 0.1) is 11.9 Å². The summed E-state index contributed by atoms with van der Waals surface area (Å²) in [5.74, 6) is 0.293. The van der Waals surface area contributed by atoms with Crippen LogP contribution in [0.25, 0.3) is 0 Å². The Kier molecular flexibility index (Phi) is 4.87. The maximum Gasteiger partial charge on any atom is 0.157 e. The van der Waals surface area contributed by atoms with Gasteiger partial charge < -0.3 is 14.0 Å². The molecular formula is C8H16O4S. The number of rotatable bonds is 4. The third-order valence-corrected chi connectivity index (χ3v) is 2.77. The first kappa shape index (κ1) is 11.1. The molecule has 1 N–H and O–H groups in total. The molecule has 0 saturated carbocycles. The molecule has 1 heterocycles. The van der Waals surface area contributed by atoms with E-state index in [1.54, 1.807) is 7.11 Å². The van der Waals surface area contributed by atoms with Crippen molar-refractivity contribution in [2.75, 3.05) is 12.9 Å². The van der Waals surface area contributed by atoms with Crippen LogP contribution in [0.3, 0.4) is 0 Å². The van der Waals surface area contributed by atoms with E-state index >= 15 is 0 Å². The SMILES string of the molecule is CO[C@H]1CCC[C@@H](CCS(=O)O)O1. The van der Waals surface area contributed by atoms with Crippen molar-refractivity contribution >= 4 is 11.1 Å². The van der Waals surface area contributed by atoms with Gasteiger partial charge in [-0.15, -0.1) is 0 Å². The van der Waals surface area contributed by atoms with Gasteiger partial charge in [0, 0.05) is 7.11 Å². The van der Waals surface area contributed by atoms with E-state index in [4.69, 9.17) is 14.0 Å². The van der Waals surface area contributed by atoms with Gasteiger partial charge in [0.25, 0.3) is 0 Å². The Balaban J connectivity index is 2.21. The molecule has 0 amide bonds. The summed E-state index contributed by atoms with van der Waals surface area (Å²) in [6.07, 6.45) is 3.58. The second-order valence-corrected chi connectivity index (χ2v) is 4.22. The standard InChI is InChI=1S/C8H16O4S/c1-11-8-4-2-3-7(12-8)5-6-13(9)10/h7-8H,2-6H2,1H3,(H,9,10)/t7-,8+/m0/s1. The van der Waals surface area contributed by atoms with Gasteiger partial charge in [0.2, 0.25) is 0 Å². The van der Waals surface area contributed by atoms with Gasteiger partial charge in [0.1, 0.15) is 0 Å². The maximum absolute atomic E-state index is 10.4. The quantitative estimate of drug-likeness (QED) is 0.704. The summed E-state index contributed by atoms with van der Waals surface area (Å²) >= 11 is -1.70. The molecule has 0 aromatic carbocycles. The lowest BCUT2D eigenvalue weighted by Crippen LogP contribution is -2.29. The van der Waals surface area contributed by atoms with Crippen LogP contribution < -0.4 is 0 Å². The average molecular weight is 208 g/mol. The first-order valence-corrected chi connectivity index (χ1v) is 5.75. The fraction of sp³-hybridized carbons (Fsp3) is 1.00. The Hall–Kier alpha value is 0.0300. The van der Waals surface area contributed by atoms with Crippen LogP contribution in [0.1, 0.15) is 25.7 Å². The number of hydrogen-bond donors (Lipinski definition) is 1. The lowest BCUT2D eigenvalue weighted by Gasteiger charge is -2.28. The molecule has 1 unspecified atom stereocenters. The molecule has 0 aromatic heterocycles. The summed E-state index contributed by atoms with van der Waals surface area (Å²) in [4.78, 5) is 0. The summed E-state index contributed by atoms with van der Waals surface area (Å²) in [6, 6.07) is 0. The van der Waals surface area contributed by atoms with E-state index in [2.05, 4.69) is 0 Å². The monoisotopic (exact) mass is 208 g/mol. The fourth-order valence-electron chi connectivity index (χ4n) is 1.48. The molecule has 1 aliphatic rings. The van der Waals surface area contributed by atoms with Crippen LogP contribution >= 0.6 is 0 Å². The predicted octanol–water partition coefficient (Wildman–Crippen LogP) is 1.14. The lowest BCUT2D eigenvalue weighted by atomic mass is 10.1. The fourth-order valence-corrected chi connectivity index (χ4v) is 1.95. The summed E-state index contributed by atoms with van der Waals surface area (Å²) in [5, 5.41) is 0. The minimum absolute atomic E-state index is 0.0924. The molecule has 13 heavy (non-hydrogen) atoms. The summed E-state index contributed by atoms with van der Waals surface area (Å²) < 4.78 is 29.6. The normalized spacial score (nSPS) is 31.5. The van der Waals surface area contributed by atoms with Gasteiger partial charge >= 0.3 is 0 Å². The number of methoxy groups -OCH3 is 1. The second-order valence-electron chi connectivity index (χ2n) is 3.17. The molecule has 1 rings (SSSR count). The minimum Gasteiger partial charge on any atom is -0.356 e. The van der Waals surface area contributed by atoms with Crippen LogP contribution in [-0.2, 0) is 20.6 Å². The summed E-state index contributed by atoms with van der Waals surface area (Å²) in [6.45, 7) is 0. The molecule has 0 aliphatic carbocycles. The van der Waals surface area contributed by atoms with Crippen molar-refractivity contribution in [1.29, 1.82) is 0 Å². The minimum atomic E-state index is -1.70. The molecule has 0 radical (unpaired) electrons. The average Bonchev–Trinajstić information content (AvgIpc) is 2.15. The molecule has 0 spiro atoms. The van der Waals surface area contributed by atoms with E-state index in [-0.39, 0.29) is 12.4 Å². The van der Waals surface area contributed by atoms with Crippen LogP contribution in [0.5, 0.6) is 0 Å². The van der Waals surface area contributed by atoms with E-state index in [0.29, 0.717) is 12.2 Å². The Bertz CT molecular complexity index is 174. The first-order valence-electron chi connectivity index (χ1n) is 4.48. The van der Waals surface area contributed by atoms with Crippen molar-refractivity contribution in [1.82, 2.24) is 0 Å². The second kappa shape index (κ2) is 5.70.